The molecule has 0 unspecified atom stereocenters. The van der Waals surface area contributed by atoms with Crippen molar-refractivity contribution in [3.05, 3.63) is 46.3 Å². The summed E-state index contributed by atoms with van der Waals surface area (Å²) in [5.41, 5.74) is 0.833. The highest BCUT2D eigenvalue weighted by atomic mass is 32.2. The van der Waals surface area contributed by atoms with Gasteiger partial charge in [0.05, 0.1) is 0 Å². The predicted molar refractivity (Wildman–Crippen MR) is 116 cm³/mol. The van der Waals surface area contributed by atoms with Crippen LogP contribution in [0.15, 0.2) is 35.7 Å². The van der Waals surface area contributed by atoms with E-state index in [0.29, 0.717) is 37.0 Å². The molecule has 0 atom stereocenters. The number of nitrogens with zero attached hydrogens (tertiary/aromatic N) is 3. The van der Waals surface area contributed by atoms with Crippen LogP contribution in [0.2, 0.25) is 0 Å². The van der Waals surface area contributed by atoms with Crippen molar-refractivity contribution < 1.29 is 13.2 Å². The first-order valence-electron chi connectivity index (χ1n) is 9.70. The van der Waals surface area contributed by atoms with Crippen LogP contribution in [-0.4, -0.2) is 41.9 Å². The number of hydrogen-bond acceptors (Lipinski definition) is 6. The minimum atomic E-state index is -3.50. The van der Waals surface area contributed by atoms with Crippen molar-refractivity contribution in [2.75, 3.05) is 18.4 Å². The number of carbonyl (C=O) groups is 1. The van der Waals surface area contributed by atoms with Gasteiger partial charge in [0.1, 0.15) is 5.01 Å². The molecule has 9 heteroatoms. The maximum Gasteiger partial charge on any atom is 0.236 e. The van der Waals surface area contributed by atoms with Crippen LogP contribution >= 0.6 is 11.3 Å². The van der Waals surface area contributed by atoms with Crippen LogP contribution in [0.4, 0.5) is 5.13 Å². The molecule has 1 aromatic carbocycles. The summed E-state index contributed by atoms with van der Waals surface area (Å²) in [6.45, 7) is 4.87. The number of anilines is 1. The highest BCUT2D eigenvalue weighted by Crippen LogP contribution is 2.24. The van der Waals surface area contributed by atoms with Gasteiger partial charge in [-0.3, -0.25) is 4.79 Å². The Balaban J connectivity index is 1.52. The predicted octanol–water partition coefficient (Wildman–Crippen LogP) is 3.39. The molecule has 0 spiro atoms. The largest absolute Gasteiger partial charge is 0.300 e. The lowest BCUT2D eigenvalue weighted by Crippen LogP contribution is -2.40. The summed E-state index contributed by atoms with van der Waals surface area (Å²) in [4.78, 5) is 12.5. The van der Waals surface area contributed by atoms with Crippen LogP contribution < -0.4 is 5.32 Å². The molecule has 1 amide bonds. The summed E-state index contributed by atoms with van der Waals surface area (Å²) in [7, 11) is -3.50. The summed E-state index contributed by atoms with van der Waals surface area (Å²) in [5.74, 6) is 0.139. The molecule has 1 N–H and O–H groups in total. The van der Waals surface area contributed by atoms with Gasteiger partial charge in [-0.1, -0.05) is 55.5 Å². The number of benzene rings is 1. The van der Waals surface area contributed by atoms with Gasteiger partial charge in [-0.15, -0.1) is 10.2 Å². The molecule has 0 saturated carbocycles. The Bertz CT molecular complexity index is 947. The lowest BCUT2D eigenvalue weighted by molar-refractivity contribution is -0.120. The van der Waals surface area contributed by atoms with E-state index in [1.54, 1.807) is 6.08 Å². The minimum absolute atomic E-state index is 0.117. The summed E-state index contributed by atoms with van der Waals surface area (Å²) < 4.78 is 26.5. The molecule has 1 aliphatic rings. The second-order valence-corrected chi connectivity index (χ2v) is 10.4. The van der Waals surface area contributed by atoms with Crippen molar-refractivity contribution >= 4 is 38.5 Å². The SMILES string of the molecule is CC(C)Cc1nnc(NC(=O)C2CCN(S(=O)(=O)/C=C/c3ccccc3)CC2)s1. The van der Waals surface area contributed by atoms with E-state index in [-0.39, 0.29) is 11.8 Å². The number of sulfonamides is 1. The number of nitrogens with one attached hydrogen (secondary N) is 1. The summed E-state index contributed by atoms with van der Waals surface area (Å²) >= 11 is 1.39. The second kappa shape index (κ2) is 9.60. The van der Waals surface area contributed by atoms with Gasteiger partial charge in [0.25, 0.3) is 0 Å². The topological polar surface area (TPSA) is 92.3 Å². The lowest BCUT2D eigenvalue weighted by Gasteiger charge is -2.29. The van der Waals surface area contributed by atoms with E-state index in [0.717, 1.165) is 17.0 Å². The third kappa shape index (κ3) is 6.19. The van der Waals surface area contributed by atoms with Crippen LogP contribution in [0.3, 0.4) is 0 Å². The number of piperidine rings is 1. The van der Waals surface area contributed by atoms with Crippen molar-refractivity contribution in [3.8, 4) is 0 Å². The van der Waals surface area contributed by atoms with Gasteiger partial charge in [-0.05, 0) is 30.4 Å². The van der Waals surface area contributed by atoms with Crippen molar-refractivity contribution in [1.82, 2.24) is 14.5 Å². The fourth-order valence-electron chi connectivity index (χ4n) is 3.13. The lowest BCUT2D eigenvalue weighted by atomic mass is 9.97. The van der Waals surface area contributed by atoms with Gasteiger partial charge >= 0.3 is 0 Å². The fourth-order valence-corrected chi connectivity index (χ4v) is 5.31. The maximum absolute atomic E-state index is 12.5. The zero-order valence-corrected chi connectivity index (χ0v) is 18.2. The highest BCUT2D eigenvalue weighted by molar-refractivity contribution is 7.92. The monoisotopic (exact) mass is 434 g/mol. The van der Waals surface area contributed by atoms with E-state index in [2.05, 4.69) is 29.4 Å². The number of amides is 1. The van der Waals surface area contributed by atoms with E-state index in [4.69, 9.17) is 0 Å². The third-order valence-electron chi connectivity index (χ3n) is 4.70. The second-order valence-electron chi connectivity index (χ2n) is 7.52. The summed E-state index contributed by atoms with van der Waals surface area (Å²) in [5, 5.41) is 13.6. The van der Waals surface area contributed by atoms with Crippen LogP contribution in [0.1, 0.15) is 37.3 Å². The molecule has 0 aliphatic carbocycles. The zero-order chi connectivity index (χ0) is 20.9. The van der Waals surface area contributed by atoms with Crippen LogP contribution in [0.5, 0.6) is 0 Å². The maximum atomic E-state index is 12.5. The molecule has 3 rings (SSSR count). The first-order valence-corrected chi connectivity index (χ1v) is 12.0. The Kier molecular flexibility index (Phi) is 7.15. The Labute approximate surface area is 175 Å². The number of aromatic nitrogens is 2. The Hall–Kier alpha value is -2.10. The smallest absolute Gasteiger partial charge is 0.236 e. The quantitative estimate of drug-likeness (QED) is 0.721. The first-order chi connectivity index (χ1) is 13.8. The Morgan fingerprint density at radius 3 is 2.59 bits per heavy atom. The Morgan fingerprint density at radius 1 is 1.24 bits per heavy atom. The van der Waals surface area contributed by atoms with Crippen molar-refractivity contribution in [2.45, 2.75) is 33.1 Å². The Morgan fingerprint density at radius 2 is 1.93 bits per heavy atom. The average molecular weight is 435 g/mol. The van der Waals surface area contributed by atoms with Crippen LogP contribution in [-0.2, 0) is 21.2 Å². The van der Waals surface area contributed by atoms with E-state index in [1.165, 1.54) is 21.1 Å². The molecule has 1 fully saturated rings. The van der Waals surface area contributed by atoms with E-state index in [1.807, 2.05) is 30.3 Å². The van der Waals surface area contributed by atoms with Gasteiger partial charge in [-0.25, -0.2) is 8.42 Å². The first kappa shape index (κ1) is 21.6. The van der Waals surface area contributed by atoms with Crippen molar-refractivity contribution in [1.29, 1.82) is 0 Å². The highest BCUT2D eigenvalue weighted by Gasteiger charge is 2.30. The fraction of sp³-hybridized carbons (Fsp3) is 0.450. The van der Waals surface area contributed by atoms with Gasteiger partial charge in [0.2, 0.25) is 21.1 Å². The van der Waals surface area contributed by atoms with Gasteiger partial charge in [-0.2, -0.15) is 4.31 Å². The molecule has 1 saturated heterocycles. The molecule has 1 aliphatic heterocycles. The van der Waals surface area contributed by atoms with E-state index in [9.17, 15) is 13.2 Å². The van der Waals surface area contributed by atoms with Crippen LogP contribution in [0.25, 0.3) is 6.08 Å². The molecule has 0 bridgehead atoms. The molecule has 7 nitrogen and oxygen atoms in total. The molecule has 2 heterocycles. The normalized spacial score (nSPS) is 16.5. The third-order valence-corrected chi connectivity index (χ3v) is 7.12. The van der Waals surface area contributed by atoms with Gasteiger partial charge < -0.3 is 5.32 Å². The molecular weight excluding hydrogens is 408 g/mol. The number of hydrogen-bond donors (Lipinski definition) is 1. The van der Waals surface area contributed by atoms with Crippen LogP contribution in [0, 0.1) is 11.8 Å². The summed E-state index contributed by atoms with van der Waals surface area (Å²) in [6.07, 6.45) is 3.41. The van der Waals surface area contributed by atoms with Crippen molar-refractivity contribution in [3.63, 3.8) is 0 Å². The molecule has 2 aromatic rings. The van der Waals surface area contributed by atoms with Crippen molar-refractivity contribution in [2.24, 2.45) is 11.8 Å². The average Bonchev–Trinajstić information content (AvgIpc) is 3.13. The summed E-state index contributed by atoms with van der Waals surface area (Å²) in [6, 6.07) is 9.31. The standard InChI is InChI=1S/C20H26N4O3S2/c1-15(2)14-18-22-23-20(28-18)21-19(25)17-8-11-24(12-9-17)29(26,27)13-10-16-6-4-3-5-7-16/h3-7,10,13,15,17H,8-9,11-12,14H2,1-2H3,(H,21,23,25)/b13-10+. The number of rotatable bonds is 7. The molecule has 29 heavy (non-hydrogen) atoms. The molecule has 0 radical (unpaired) electrons. The molecular formula is C20H26N4O3S2. The van der Waals surface area contributed by atoms with Gasteiger partial charge in [0.15, 0.2) is 0 Å². The minimum Gasteiger partial charge on any atom is -0.300 e. The number of carbonyl (C=O) groups excluding carboxylic acids is 1. The molecule has 1 aromatic heterocycles. The van der Waals surface area contributed by atoms with E-state index < -0.39 is 10.0 Å². The van der Waals surface area contributed by atoms with Gasteiger partial charge in [0, 0.05) is 30.8 Å². The zero-order valence-electron chi connectivity index (χ0n) is 16.6. The van der Waals surface area contributed by atoms with E-state index >= 15 is 0 Å². The molecule has 156 valence electrons.